The molecule has 1 aromatic rings. The molecule has 0 unspecified atom stereocenters. The molecule has 0 aromatic heterocycles. The minimum Gasteiger partial charge on any atom is -0.530 e. The fraction of sp³-hybridized carbons (Fsp3) is 0.467. The minimum atomic E-state index is -4.07. The molecule has 1 saturated carbocycles. The number of nitrogens with one attached hydrogen (secondary N) is 2. The van der Waals surface area contributed by atoms with Gasteiger partial charge in [0.1, 0.15) is 33.6 Å². The molecule has 0 bridgehead atoms. The van der Waals surface area contributed by atoms with Crippen LogP contribution in [0.4, 0.5) is 19.3 Å². The van der Waals surface area contributed by atoms with E-state index in [1.54, 1.807) is 0 Å². The molecule has 1 heterocycles. The largest absolute Gasteiger partial charge is 0.530 e. The highest BCUT2D eigenvalue weighted by molar-refractivity contribution is 8.26. The van der Waals surface area contributed by atoms with Crippen molar-refractivity contribution in [2.75, 3.05) is 0 Å². The standard InChI is InChI=1S/C15H17F2N5O4S/c1-14(9-7-8(21-22-18)3-4-10(9)16)11(17)27(25,26)15(5-2-6-15)12(20-14)19-13(23)24/h3-4,7,11,18H,2,5-6H2,1H3,(H3-,19,20,23,24,25,26)/t11-,14+/m0/s1. The molecule has 12 heteroatoms. The second-order valence-corrected chi connectivity index (χ2v) is 9.02. The minimum absolute atomic E-state index is 0.0276. The Balaban J connectivity index is 2.24. The highest BCUT2D eigenvalue weighted by Gasteiger charge is 2.64. The van der Waals surface area contributed by atoms with E-state index in [4.69, 9.17) is 5.53 Å². The van der Waals surface area contributed by atoms with Crippen LogP contribution in [0.5, 0.6) is 0 Å². The van der Waals surface area contributed by atoms with E-state index in [-0.39, 0.29) is 29.9 Å². The highest BCUT2D eigenvalue weighted by Crippen LogP contribution is 2.71. The Morgan fingerprint density at radius 2 is 2.19 bits per heavy atom. The number of amidine groups is 1. The molecule has 1 aliphatic carbocycles. The van der Waals surface area contributed by atoms with Gasteiger partial charge in [-0.3, -0.25) is 14.1 Å². The molecule has 27 heavy (non-hydrogen) atoms. The van der Waals surface area contributed by atoms with Crippen molar-refractivity contribution in [1.82, 2.24) is 10.2 Å². The molecule has 146 valence electrons. The van der Waals surface area contributed by atoms with Crippen LogP contribution in [0.25, 0.3) is 0 Å². The Bertz CT molecular complexity index is 885. The molecule has 9 nitrogen and oxygen atoms in total. The maximum absolute atomic E-state index is 15.4. The zero-order valence-electron chi connectivity index (χ0n) is 14.1. The molecule has 1 fully saturated rings. The van der Waals surface area contributed by atoms with Crippen molar-refractivity contribution in [3.63, 3.8) is 0 Å². The monoisotopic (exact) mass is 401 g/mol. The number of carboxylic acid groups (broad SMARTS) is 1. The van der Waals surface area contributed by atoms with E-state index in [1.807, 2.05) is 5.32 Å². The molecule has 3 rings (SSSR count). The molecule has 4 N–H and O–H groups in total. The van der Waals surface area contributed by atoms with E-state index in [9.17, 15) is 23.4 Å². The molecule has 1 aromatic carbocycles. The summed E-state index contributed by atoms with van der Waals surface area (Å²) in [5, 5.41) is 16.4. The van der Waals surface area contributed by atoms with Crippen LogP contribution in [0, 0.1) is 11.3 Å². The number of hydrogen-bond donors (Lipinski definition) is 4. The van der Waals surface area contributed by atoms with Crippen LogP contribution >= 0.6 is 10.6 Å². The van der Waals surface area contributed by atoms with Crippen molar-refractivity contribution in [1.29, 1.82) is 5.53 Å². The quantitative estimate of drug-likeness (QED) is 0.444. The predicted molar refractivity (Wildman–Crippen MR) is 91.0 cm³/mol. The Hall–Kier alpha value is -2.40. The van der Waals surface area contributed by atoms with Crippen LogP contribution in [0.2, 0.25) is 0 Å². The van der Waals surface area contributed by atoms with Gasteiger partial charge < -0.3 is 15.2 Å². The molecule has 1 spiro atoms. The SMILES string of the molecule is C[C@]1(c2cc(N=[N+]=N)ccc2F)N=C(NC(=O)[O-])C2(CCC2)S(O)(O)[C@@H]1F. The van der Waals surface area contributed by atoms with Gasteiger partial charge >= 0.3 is 0 Å². The number of carbonyl (C=O) groups is 1. The van der Waals surface area contributed by atoms with Gasteiger partial charge in [-0.05, 0) is 44.4 Å². The van der Waals surface area contributed by atoms with E-state index in [2.05, 4.69) is 15.0 Å². The van der Waals surface area contributed by atoms with E-state index < -0.39 is 38.3 Å². The van der Waals surface area contributed by atoms with Crippen LogP contribution in [0.3, 0.4) is 0 Å². The van der Waals surface area contributed by atoms with E-state index >= 15 is 4.39 Å². The summed E-state index contributed by atoms with van der Waals surface area (Å²) in [6, 6.07) is 3.23. The van der Waals surface area contributed by atoms with E-state index in [0.717, 1.165) is 19.1 Å². The fourth-order valence-corrected chi connectivity index (χ4v) is 6.01. The summed E-state index contributed by atoms with van der Waals surface area (Å²) in [6.07, 6.45) is -0.964. The average Bonchev–Trinajstić information content (AvgIpc) is 2.53. The van der Waals surface area contributed by atoms with Gasteiger partial charge in [-0.25, -0.2) is 8.78 Å². The number of nitrogens with zero attached hydrogens (tertiary/aromatic N) is 3. The van der Waals surface area contributed by atoms with Gasteiger partial charge in [0, 0.05) is 5.56 Å². The maximum atomic E-state index is 15.4. The number of halogens is 2. The first-order valence-electron chi connectivity index (χ1n) is 7.95. The maximum Gasteiger partial charge on any atom is 0.220 e. The number of amides is 1. The summed E-state index contributed by atoms with van der Waals surface area (Å²) < 4.78 is 49.7. The lowest BCUT2D eigenvalue weighted by Gasteiger charge is -2.62. The molecule has 2 aliphatic rings. The second kappa shape index (κ2) is 6.34. The molecule has 2 atom stereocenters. The Labute approximate surface area is 154 Å². The molecule has 0 saturated heterocycles. The van der Waals surface area contributed by atoms with Gasteiger partial charge in [-0.2, -0.15) is 0 Å². The number of carbonyl (C=O) groups excluding carboxylic acids is 1. The Morgan fingerprint density at radius 1 is 1.52 bits per heavy atom. The van der Waals surface area contributed by atoms with Crippen LogP contribution in [0.15, 0.2) is 28.3 Å². The summed E-state index contributed by atoms with van der Waals surface area (Å²) in [7, 11) is -4.07. The van der Waals surface area contributed by atoms with Crippen LogP contribution in [-0.2, 0) is 5.54 Å². The second-order valence-electron chi connectivity index (χ2n) is 6.64. The van der Waals surface area contributed by atoms with Gasteiger partial charge in [-0.15, -0.1) is 10.6 Å². The number of hydrogen-bond acceptors (Lipinski definition) is 7. The third-order valence-corrected chi connectivity index (χ3v) is 7.91. The molecule has 1 amide bonds. The van der Waals surface area contributed by atoms with E-state index in [1.165, 1.54) is 6.07 Å². The van der Waals surface area contributed by atoms with E-state index in [0.29, 0.717) is 6.42 Å². The first kappa shape index (κ1) is 19.4. The number of alkyl halides is 1. The summed E-state index contributed by atoms with van der Waals surface area (Å²) in [5.41, 5.74) is 1.88. The lowest BCUT2D eigenvalue weighted by Crippen LogP contribution is -2.64. The van der Waals surface area contributed by atoms with Crippen molar-refractivity contribution >= 4 is 28.2 Å². The zero-order valence-corrected chi connectivity index (χ0v) is 15.0. The smallest absolute Gasteiger partial charge is 0.220 e. The van der Waals surface area contributed by atoms with Crippen LogP contribution in [-0.4, -0.2) is 31.3 Å². The topological polar surface area (TPSA) is 155 Å². The van der Waals surface area contributed by atoms with Gasteiger partial charge in [-0.1, -0.05) is 0 Å². The highest BCUT2D eigenvalue weighted by atomic mass is 32.3. The number of rotatable bonds is 2. The van der Waals surface area contributed by atoms with Gasteiger partial charge in [0.15, 0.2) is 10.8 Å². The Kier molecular flexibility index (Phi) is 4.55. The first-order chi connectivity index (χ1) is 12.6. The van der Waals surface area contributed by atoms with Crippen molar-refractivity contribution in [3.8, 4) is 0 Å². The van der Waals surface area contributed by atoms with Gasteiger partial charge in [0.25, 0.3) is 0 Å². The fourth-order valence-electron chi connectivity index (χ4n) is 3.52. The van der Waals surface area contributed by atoms with Gasteiger partial charge in [0.05, 0.1) is 0 Å². The third-order valence-electron chi connectivity index (χ3n) is 5.12. The zero-order chi connectivity index (χ0) is 20.0. The molecular weight excluding hydrogens is 384 g/mol. The summed E-state index contributed by atoms with van der Waals surface area (Å²) >= 11 is 0. The Morgan fingerprint density at radius 3 is 2.70 bits per heavy atom. The predicted octanol–water partition coefficient (Wildman–Crippen LogP) is 2.54. The van der Waals surface area contributed by atoms with Crippen LogP contribution < -0.4 is 15.3 Å². The average molecular weight is 401 g/mol. The first-order valence-corrected chi connectivity index (χ1v) is 9.56. The normalized spacial score (nSPS) is 29.1. The summed E-state index contributed by atoms with van der Waals surface area (Å²) in [5.74, 6) is -1.25. The lowest BCUT2D eigenvalue weighted by atomic mass is 9.81. The molecule has 0 radical (unpaired) electrons. The lowest BCUT2D eigenvalue weighted by molar-refractivity contribution is -0.248. The van der Waals surface area contributed by atoms with Crippen molar-refractivity contribution < 1.29 is 27.8 Å². The van der Waals surface area contributed by atoms with Crippen molar-refractivity contribution in [2.24, 2.45) is 10.1 Å². The summed E-state index contributed by atoms with van der Waals surface area (Å²) in [4.78, 5) is 18.0. The van der Waals surface area contributed by atoms with Gasteiger partial charge in [0.2, 0.25) is 10.4 Å². The third kappa shape index (κ3) is 2.72. The number of aliphatic imine (C=N–C) groups is 1. The molecule has 1 aliphatic heterocycles. The van der Waals surface area contributed by atoms with Crippen molar-refractivity contribution in [3.05, 3.63) is 29.6 Å². The van der Waals surface area contributed by atoms with Crippen LogP contribution in [0.1, 0.15) is 31.7 Å². The summed E-state index contributed by atoms with van der Waals surface area (Å²) in [6.45, 7) is 1.13. The van der Waals surface area contributed by atoms with Crippen molar-refractivity contribution in [2.45, 2.75) is 42.0 Å². The number of benzene rings is 1. The molecular formula is C15H17F2N5O4S.